The van der Waals surface area contributed by atoms with E-state index in [1.165, 1.54) is 0 Å². The fourth-order valence-electron chi connectivity index (χ4n) is 1.64. The van der Waals surface area contributed by atoms with E-state index in [-0.39, 0.29) is 0 Å². The van der Waals surface area contributed by atoms with Crippen molar-refractivity contribution in [2.75, 3.05) is 0 Å². The first-order chi connectivity index (χ1) is 9.15. The van der Waals surface area contributed by atoms with Gasteiger partial charge in [-0.3, -0.25) is 4.79 Å². The molecule has 0 saturated carbocycles. The third-order valence-electron chi connectivity index (χ3n) is 2.67. The Bertz CT molecular complexity index is 465. The molecule has 1 aromatic carbocycles. The number of nitrogens with one attached hydrogen (secondary N) is 1. The highest BCUT2D eigenvalue weighted by molar-refractivity contribution is 5.96. The smallest absolute Gasteiger partial charge is 0.326 e. The summed E-state index contributed by atoms with van der Waals surface area (Å²) < 4.78 is 0. The number of unbranched alkanes of at least 4 members (excludes halogenated alkanes) is 2. The molecule has 0 aliphatic rings. The highest BCUT2D eigenvalue weighted by Crippen LogP contribution is 2.06. The number of hydrogen-bond donors (Lipinski definition) is 2. The van der Waals surface area contributed by atoms with Crippen LogP contribution < -0.4 is 5.32 Å². The topological polar surface area (TPSA) is 90.2 Å². The fraction of sp³-hybridized carbons (Fsp3) is 0.357. The maximum Gasteiger partial charge on any atom is 0.326 e. The van der Waals surface area contributed by atoms with E-state index in [1.807, 2.05) is 6.07 Å². The molecular weight excluding hydrogens is 244 g/mol. The first-order valence-corrected chi connectivity index (χ1v) is 6.11. The summed E-state index contributed by atoms with van der Waals surface area (Å²) in [6, 6.07) is 9.57. The Morgan fingerprint density at radius 3 is 2.53 bits per heavy atom. The minimum Gasteiger partial charge on any atom is -0.480 e. The zero-order chi connectivity index (χ0) is 14.1. The van der Waals surface area contributed by atoms with Crippen molar-refractivity contribution in [3.63, 3.8) is 0 Å². The number of benzene rings is 1. The van der Waals surface area contributed by atoms with Crippen LogP contribution in [0.25, 0.3) is 0 Å². The lowest BCUT2D eigenvalue weighted by atomic mass is 10.1. The van der Waals surface area contributed by atoms with E-state index in [1.54, 1.807) is 30.3 Å². The quantitative estimate of drug-likeness (QED) is 0.733. The lowest BCUT2D eigenvalue weighted by Gasteiger charge is -2.14. The molecule has 0 radical (unpaired) electrons. The average molecular weight is 260 g/mol. The average Bonchev–Trinajstić information content (AvgIpc) is 2.42. The van der Waals surface area contributed by atoms with Gasteiger partial charge in [0.15, 0.2) is 0 Å². The molecule has 100 valence electrons. The normalized spacial score (nSPS) is 11.3. The van der Waals surface area contributed by atoms with Gasteiger partial charge in [0, 0.05) is 12.0 Å². The van der Waals surface area contributed by atoms with Crippen LogP contribution in [-0.4, -0.2) is 23.0 Å². The van der Waals surface area contributed by atoms with E-state index in [9.17, 15) is 9.59 Å². The molecule has 5 heteroatoms. The van der Waals surface area contributed by atoms with Gasteiger partial charge in [0.2, 0.25) is 0 Å². The van der Waals surface area contributed by atoms with Crippen LogP contribution in [0.1, 0.15) is 36.0 Å². The van der Waals surface area contributed by atoms with Crippen molar-refractivity contribution in [2.45, 2.75) is 31.7 Å². The number of carboxylic acids is 1. The van der Waals surface area contributed by atoms with Crippen molar-refractivity contribution in [3.8, 4) is 6.07 Å². The van der Waals surface area contributed by atoms with Gasteiger partial charge in [0.05, 0.1) is 6.07 Å². The van der Waals surface area contributed by atoms with E-state index >= 15 is 0 Å². The molecule has 2 N–H and O–H groups in total. The van der Waals surface area contributed by atoms with Crippen molar-refractivity contribution >= 4 is 11.9 Å². The SMILES string of the molecule is N#CCCCC[C@H](NC(=O)c1ccccc1)C(=O)O. The molecule has 19 heavy (non-hydrogen) atoms. The van der Waals surface area contributed by atoms with E-state index in [4.69, 9.17) is 10.4 Å². The highest BCUT2D eigenvalue weighted by Gasteiger charge is 2.19. The Hall–Kier alpha value is -2.35. The largest absolute Gasteiger partial charge is 0.480 e. The molecule has 1 rings (SSSR count). The molecule has 0 spiro atoms. The third kappa shape index (κ3) is 5.21. The van der Waals surface area contributed by atoms with Crippen molar-refractivity contribution in [1.82, 2.24) is 5.32 Å². The first-order valence-electron chi connectivity index (χ1n) is 6.11. The number of rotatable bonds is 7. The van der Waals surface area contributed by atoms with E-state index < -0.39 is 17.9 Å². The van der Waals surface area contributed by atoms with Gasteiger partial charge in [-0.15, -0.1) is 0 Å². The van der Waals surface area contributed by atoms with Gasteiger partial charge in [-0.05, 0) is 31.4 Å². The molecule has 0 bridgehead atoms. The number of aliphatic carboxylic acids is 1. The van der Waals surface area contributed by atoms with Crippen LogP contribution in [0.2, 0.25) is 0 Å². The molecule has 1 aromatic rings. The van der Waals surface area contributed by atoms with Crippen LogP contribution in [0.5, 0.6) is 0 Å². The fourth-order valence-corrected chi connectivity index (χ4v) is 1.64. The number of hydrogen-bond acceptors (Lipinski definition) is 3. The summed E-state index contributed by atoms with van der Waals surface area (Å²) in [7, 11) is 0. The number of amides is 1. The summed E-state index contributed by atoms with van der Waals surface area (Å²) in [4.78, 5) is 22.9. The summed E-state index contributed by atoms with van der Waals surface area (Å²) in [5.74, 6) is -1.45. The summed E-state index contributed by atoms with van der Waals surface area (Å²) in [6.07, 6.45) is 1.97. The number of carbonyl (C=O) groups is 2. The van der Waals surface area contributed by atoms with Crippen molar-refractivity contribution in [2.24, 2.45) is 0 Å². The van der Waals surface area contributed by atoms with Crippen LogP contribution in [0.15, 0.2) is 30.3 Å². The van der Waals surface area contributed by atoms with Crippen LogP contribution in [0.4, 0.5) is 0 Å². The van der Waals surface area contributed by atoms with Gasteiger partial charge in [-0.2, -0.15) is 5.26 Å². The zero-order valence-electron chi connectivity index (χ0n) is 10.5. The molecule has 0 heterocycles. The first kappa shape index (κ1) is 14.7. The van der Waals surface area contributed by atoms with Crippen LogP contribution >= 0.6 is 0 Å². The summed E-state index contributed by atoms with van der Waals surface area (Å²) in [6.45, 7) is 0. The number of carbonyl (C=O) groups excluding carboxylic acids is 1. The van der Waals surface area contributed by atoms with Crippen molar-refractivity contribution < 1.29 is 14.7 Å². The molecule has 0 fully saturated rings. The lowest BCUT2D eigenvalue weighted by Crippen LogP contribution is -2.40. The van der Waals surface area contributed by atoms with Gasteiger partial charge >= 0.3 is 5.97 Å². The Kier molecular flexibility index (Phi) is 6.10. The van der Waals surface area contributed by atoms with Gasteiger partial charge in [0.25, 0.3) is 5.91 Å². The maximum atomic E-state index is 11.8. The van der Waals surface area contributed by atoms with Crippen LogP contribution in [0, 0.1) is 11.3 Å². The summed E-state index contributed by atoms with van der Waals surface area (Å²) in [5, 5.41) is 19.9. The Morgan fingerprint density at radius 1 is 1.26 bits per heavy atom. The van der Waals surface area contributed by atoms with E-state index in [0.29, 0.717) is 31.2 Å². The molecule has 0 unspecified atom stereocenters. The summed E-state index contributed by atoms with van der Waals surface area (Å²) >= 11 is 0. The third-order valence-corrected chi connectivity index (χ3v) is 2.67. The Morgan fingerprint density at radius 2 is 1.95 bits per heavy atom. The second-order valence-corrected chi connectivity index (χ2v) is 4.13. The predicted octanol–water partition coefficient (Wildman–Crippen LogP) is 1.95. The molecule has 0 aliphatic carbocycles. The molecule has 1 amide bonds. The molecule has 0 aromatic heterocycles. The molecule has 0 aliphatic heterocycles. The molecular formula is C14H16N2O3. The van der Waals surface area contributed by atoms with Crippen LogP contribution in [0.3, 0.4) is 0 Å². The van der Waals surface area contributed by atoms with E-state index in [2.05, 4.69) is 5.32 Å². The predicted molar refractivity (Wildman–Crippen MR) is 69.4 cm³/mol. The van der Waals surface area contributed by atoms with Gasteiger partial charge < -0.3 is 10.4 Å². The Balaban J connectivity index is 2.52. The minimum absolute atomic E-state index is 0.329. The standard InChI is InChI=1S/C14H16N2O3/c15-10-6-2-5-9-12(14(18)19)16-13(17)11-7-3-1-4-8-11/h1,3-4,7-8,12H,2,5-6,9H2,(H,16,17)(H,18,19)/t12-/m0/s1. The van der Waals surface area contributed by atoms with Gasteiger partial charge in [0.1, 0.15) is 6.04 Å². The highest BCUT2D eigenvalue weighted by atomic mass is 16.4. The number of nitrogens with zero attached hydrogens (tertiary/aromatic N) is 1. The van der Waals surface area contributed by atoms with Crippen molar-refractivity contribution in [3.05, 3.63) is 35.9 Å². The van der Waals surface area contributed by atoms with Crippen molar-refractivity contribution in [1.29, 1.82) is 5.26 Å². The maximum absolute atomic E-state index is 11.8. The van der Waals surface area contributed by atoms with Crippen LogP contribution in [-0.2, 0) is 4.79 Å². The minimum atomic E-state index is -1.05. The molecule has 5 nitrogen and oxygen atoms in total. The second-order valence-electron chi connectivity index (χ2n) is 4.13. The molecule has 1 atom stereocenters. The number of nitriles is 1. The van der Waals surface area contributed by atoms with Gasteiger partial charge in [-0.1, -0.05) is 18.2 Å². The second kappa shape index (κ2) is 7.88. The Labute approximate surface area is 111 Å². The molecule has 0 saturated heterocycles. The lowest BCUT2D eigenvalue weighted by molar-refractivity contribution is -0.139. The summed E-state index contributed by atoms with van der Waals surface area (Å²) in [5.41, 5.74) is 0.436. The number of carboxylic acid groups (broad SMARTS) is 1. The van der Waals surface area contributed by atoms with Gasteiger partial charge in [-0.25, -0.2) is 4.79 Å². The zero-order valence-corrected chi connectivity index (χ0v) is 10.5. The monoisotopic (exact) mass is 260 g/mol. The van der Waals surface area contributed by atoms with E-state index in [0.717, 1.165) is 0 Å².